The predicted octanol–water partition coefficient (Wildman–Crippen LogP) is 4.84. The topological polar surface area (TPSA) is 67.3 Å². The van der Waals surface area contributed by atoms with Crippen molar-refractivity contribution in [2.75, 3.05) is 20.2 Å². The van der Waals surface area contributed by atoms with E-state index in [2.05, 4.69) is 26.3 Å². The Balaban J connectivity index is 1.17. The van der Waals surface area contributed by atoms with Gasteiger partial charge in [-0.25, -0.2) is 4.39 Å². The van der Waals surface area contributed by atoms with Crippen molar-refractivity contribution in [3.05, 3.63) is 90.0 Å². The second-order valence-electron chi connectivity index (χ2n) is 8.82. The Kier molecular flexibility index (Phi) is 6.68. The molecule has 0 saturated carbocycles. The van der Waals surface area contributed by atoms with Crippen LogP contribution in [0.4, 0.5) is 4.39 Å². The predicted molar refractivity (Wildman–Crippen MR) is 134 cm³/mol. The molecule has 6 nitrogen and oxygen atoms in total. The van der Waals surface area contributed by atoms with Crippen molar-refractivity contribution in [2.45, 2.75) is 25.4 Å². The third kappa shape index (κ3) is 5.30. The Labute approximate surface area is 203 Å². The number of halogens is 1. The summed E-state index contributed by atoms with van der Waals surface area (Å²) in [6.07, 6.45) is 5.16. The summed E-state index contributed by atoms with van der Waals surface area (Å²) in [5.74, 6) is 0.384. The molecular weight excluding hydrogens is 443 g/mol. The summed E-state index contributed by atoms with van der Waals surface area (Å²) >= 11 is 0. The number of hydrogen-bond donors (Lipinski definition) is 1. The van der Waals surface area contributed by atoms with Gasteiger partial charge in [-0.1, -0.05) is 12.1 Å². The van der Waals surface area contributed by atoms with E-state index in [4.69, 9.17) is 4.74 Å². The van der Waals surface area contributed by atoms with E-state index < -0.39 is 0 Å². The van der Waals surface area contributed by atoms with Crippen LogP contribution < -0.4 is 10.1 Å². The van der Waals surface area contributed by atoms with E-state index in [1.807, 2.05) is 24.4 Å². The van der Waals surface area contributed by atoms with E-state index in [0.29, 0.717) is 16.8 Å². The first-order valence-electron chi connectivity index (χ1n) is 11.8. The fraction of sp³-hybridized carbons (Fsp3) is 0.250. The first-order chi connectivity index (χ1) is 17.1. The molecule has 1 aliphatic heterocycles. The van der Waals surface area contributed by atoms with Gasteiger partial charge in [0.25, 0.3) is 5.91 Å². The van der Waals surface area contributed by atoms with Crippen molar-refractivity contribution >= 4 is 16.8 Å². The summed E-state index contributed by atoms with van der Waals surface area (Å²) in [4.78, 5) is 24.0. The van der Waals surface area contributed by atoms with Gasteiger partial charge in [-0.2, -0.15) is 0 Å². The summed E-state index contributed by atoms with van der Waals surface area (Å²) in [5.41, 5.74) is 4.01. The number of piperidine rings is 1. The van der Waals surface area contributed by atoms with Crippen LogP contribution in [-0.4, -0.2) is 47.0 Å². The Morgan fingerprint density at radius 2 is 1.94 bits per heavy atom. The first kappa shape index (κ1) is 22.9. The maximum atomic E-state index is 13.5. The Morgan fingerprint density at radius 3 is 2.69 bits per heavy atom. The molecule has 35 heavy (non-hydrogen) atoms. The Hall–Kier alpha value is -3.84. The fourth-order valence-corrected chi connectivity index (χ4v) is 4.54. The molecule has 4 aromatic rings. The summed E-state index contributed by atoms with van der Waals surface area (Å²) in [5, 5.41) is 4.25. The highest BCUT2D eigenvalue weighted by Gasteiger charge is 2.22. The van der Waals surface area contributed by atoms with Crippen LogP contribution >= 0.6 is 0 Å². The van der Waals surface area contributed by atoms with Crippen LogP contribution in [-0.2, 0) is 6.54 Å². The van der Waals surface area contributed by atoms with E-state index in [9.17, 15) is 9.18 Å². The third-order valence-corrected chi connectivity index (χ3v) is 6.50. The zero-order valence-corrected chi connectivity index (χ0v) is 19.6. The van der Waals surface area contributed by atoms with Crippen molar-refractivity contribution in [1.82, 2.24) is 20.2 Å². The first-order valence-corrected chi connectivity index (χ1v) is 11.8. The normalized spacial score (nSPS) is 14.7. The maximum absolute atomic E-state index is 13.5. The van der Waals surface area contributed by atoms with Crippen LogP contribution in [0.3, 0.4) is 0 Å². The van der Waals surface area contributed by atoms with E-state index in [-0.39, 0.29) is 17.8 Å². The van der Waals surface area contributed by atoms with E-state index in [1.54, 1.807) is 37.6 Å². The van der Waals surface area contributed by atoms with Gasteiger partial charge < -0.3 is 10.1 Å². The number of ether oxygens (including phenoxy) is 1. The Morgan fingerprint density at radius 1 is 1.09 bits per heavy atom. The lowest BCUT2D eigenvalue weighted by Gasteiger charge is -2.32. The van der Waals surface area contributed by atoms with Crippen molar-refractivity contribution in [3.8, 4) is 17.0 Å². The molecular formula is C28H27FN4O2. The molecule has 1 saturated heterocycles. The fourth-order valence-electron chi connectivity index (χ4n) is 4.54. The van der Waals surface area contributed by atoms with Gasteiger partial charge in [0.05, 0.1) is 23.9 Å². The molecule has 5 rings (SSSR count). The van der Waals surface area contributed by atoms with Gasteiger partial charge in [-0.05, 0) is 66.9 Å². The summed E-state index contributed by atoms with van der Waals surface area (Å²) in [6, 6.07) is 17.9. The monoisotopic (exact) mass is 470 g/mol. The average molecular weight is 471 g/mol. The van der Waals surface area contributed by atoms with Crippen LogP contribution in [0.15, 0.2) is 73.1 Å². The third-order valence-electron chi connectivity index (χ3n) is 6.50. The highest BCUT2D eigenvalue weighted by molar-refractivity contribution is 5.94. The number of nitrogens with one attached hydrogen (secondary N) is 1. The molecule has 178 valence electrons. The molecule has 2 aromatic carbocycles. The molecule has 1 aliphatic rings. The van der Waals surface area contributed by atoms with Crippen LogP contribution in [0.2, 0.25) is 0 Å². The van der Waals surface area contributed by atoms with Crippen molar-refractivity contribution < 1.29 is 13.9 Å². The number of pyridine rings is 2. The molecule has 1 amide bonds. The van der Waals surface area contributed by atoms with Crippen molar-refractivity contribution in [3.63, 3.8) is 0 Å². The number of fused-ring (bicyclic) bond motifs is 1. The minimum Gasteiger partial charge on any atom is -0.497 e. The molecule has 2 aromatic heterocycles. The van der Waals surface area contributed by atoms with Crippen LogP contribution in [0.5, 0.6) is 5.75 Å². The minimum absolute atomic E-state index is 0.121. The molecule has 0 unspecified atom stereocenters. The van der Waals surface area contributed by atoms with Gasteiger partial charge in [0, 0.05) is 49.0 Å². The highest BCUT2D eigenvalue weighted by atomic mass is 19.1. The van der Waals surface area contributed by atoms with E-state index >= 15 is 0 Å². The van der Waals surface area contributed by atoms with Gasteiger partial charge in [0.15, 0.2) is 0 Å². The zero-order chi connectivity index (χ0) is 24.2. The summed E-state index contributed by atoms with van der Waals surface area (Å²) in [7, 11) is 1.67. The molecule has 0 bridgehead atoms. The lowest BCUT2D eigenvalue weighted by molar-refractivity contribution is 0.0908. The molecule has 3 heterocycles. The molecule has 1 fully saturated rings. The van der Waals surface area contributed by atoms with Gasteiger partial charge in [0.2, 0.25) is 0 Å². The number of benzene rings is 2. The highest BCUT2D eigenvalue weighted by Crippen LogP contribution is 2.25. The second-order valence-corrected chi connectivity index (χ2v) is 8.82. The van der Waals surface area contributed by atoms with Gasteiger partial charge in [-0.15, -0.1) is 0 Å². The number of rotatable bonds is 6. The smallest absolute Gasteiger partial charge is 0.253 e. The number of carbonyl (C=O) groups excluding carboxylic acids is 1. The SMILES string of the molecule is COc1ccc2nccc(CN3CCC(NC(=O)c4ccc(-c5cccc(F)c5)nc4)CC3)c2c1. The quantitative estimate of drug-likeness (QED) is 0.437. The van der Waals surface area contributed by atoms with Crippen molar-refractivity contribution in [2.24, 2.45) is 0 Å². The molecule has 0 atom stereocenters. The van der Waals surface area contributed by atoms with Gasteiger partial charge in [-0.3, -0.25) is 19.7 Å². The number of carbonyl (C=O) groups is 1. The van der Waals surface area contributed by atoms with Crippen molar-refractivity contribution in [1.29, 1.82) is 0 Å². The molecule has 1 N–H and O–H groups in total. The molecule has 0 aliphatic carbocycles. The van der Waals surface area contributed by atoms with Crippen LogP contribution in [0.1, 0.15) is 28.8 Å². The zero-order valence-electron chi connectivity index (χ0n) is 19.6. The second kappa shape index (κ2) is 10.2. The van der Waals surface area contributed by atoms with Gasteiger partial charge >= 0.3 is 0 Å². The number of hydrogen-bond acceptors (Lipinski definition) is 5. The van der Waals surface area contributed by atoms with Crippen LogP contribution in [0, 0.1) is 5.82 Å². The van der Waals surface area contributed by atoms with E-state index in [1.165, 1.54) is 17.7 Å². The summed E-state index contributed by atoms with van der Waals surface area (Å²) in [6.45, 7) is 2.63. The van der Waals surface area contributed by atoms with Gasteiger partial charge in [0.1, 0.15) is 11.6 Å². The maximum Gasteiger partial charge on any atom is 0.253 e. The number of methoxy groups -OCH3 is 1. The Bertz CT molecular complexity index is 1330. The number of nitrogens with zero attached hydrogens (tertiary/aromatic N) is 3. The molecule has 0 radical (unpaired) electrons. The van der Waals surface area contributed by atoms with E-state index in [0.717, 1.165) is 49.1 Å². The molecule has 0 spiro atoms. The summed E-state index contributed by atoms with van der Waals surface area (Å²) < 4.78 is 18.9. The standard InChI is InChI=1S/C28H27FN4O2/c1-35-24-6-8-27-25(16-24)21(9-12-30-27)18-33-13-10-23(11-14-33)32-28(34)20-5-7-26(31-17-20)19-3-2-4-22(29)15-19/h2-9,12,15-17,23H,10-11,13-14,18H2,1H3,(H,32,34). The lowest BCUT2D eigenvalue weighted by Crippen LogP contribution is -2.44. The minimum atomic E-state index is -0.311. The average Bonchev–Trinajstić information content (AvgIpc) is 2.90. The van der Waals surface area contributed by atoms with Crippen LogP contribution in [0.25, 0.3) is 22.2 Å². The number of amides is 1. The number of likely N-dealkylation sites (tertiary alicyclic amines) is 1. The number of aromatic nitrogens is 2. The largest absolute Gasteiger partial charge is 0.497 e. The lowest BCUT2D eigenvalue weighted by atomic mass is 10.0. The molecule has 7 heteroatoms.